The second kappa shape index (κ2) is 6.92. The third kappa shape index (κ3) is 2.88. The van der Waals surface area contributed by atoms with Crippen LogP contribution in [-0.2, 0) is 0 Å². The van der Waals surface area contributed by atoms with Crippen LogP contribution in [0.2, 0.25) is 0 Å². The summed E-state index contributed by atoms with van der Waals surface area (Å²) in [6.45, 7) is 3.26. The van der Waals surface area contributed by atoms with Crippen LogP contribution in [0, 0.1) is 6.92 Å². The standard InChI is InChI=1S/C21H21N3OS/c1-14-19(20(22-2)26-23-14)21(25)24-12-10-16(11-13-24)18-9-5-7-15-6-3-4-8-17(15)18/h3-10,22H,11-13H2,1-2H3. The minimum absolute atomic E-state index is 0.0637. The van der Waals surface area contributed by atoms with Crippen LogP contribution in [0.3, 0.4) is 0 Å². The Morgan fingerprint density at radius 1 is 1.19 bits per heavy atom. The molecular weight excluding hydrogens is 342 g/mol. The number of nitrogens with one attached hydrogen (secondary N) is 1. The number of aryl methyl sites for hydroxylation is 1. The van der Waals surface area contributed by atoms with Gasteiger partial charge < -0.3 is 10.2 Å². The van der Waals surface area contributed by atoms with Gasteiger partial charge in [0.25, 0.3) is 5.91 Å². The Morgan fingerprint density at radius 3 is 2.77 bits per heavy atom. The van der Waals surface area contributed by atoms with E-state index < -0.39 is 0 Å². The van der Waals surface area contributed by atoms with Crippen LogP contribution in [0.1, 0.15) is 28.0 Å². The van der Waals surface area contributed by atoms with Gasteiger partial charge in [-0.3, -0.25) is 4.79 Å². The van der Waals surface area contributed by atoms with Crippen molar-refractivity contribution in [2.24, 2.45) is 0 Å². The lowest BCUT2D eigenvalue weighted by Gasteiger charge is -2.27. The van der Waals surface area contributed by atoms with Crippen LogP contribution in [-0.4, -0.2) is 35.3 Å². The second-order valence-electron chi connectivity index (χ2n) is 6.48. The maximum Gasteiger partial charge on any atom is 0.259 e. The van der Waals surface area contributed by atoms with Gasteiger partial charge >= 0.3 is 0 Å². The number of nitrogens with zero attached hydrogens (tertiary/aromatic N) is 2. The van der Waals surface area contributed by atoms with E-state index in [9.17, 15) is 4.79 Å². The molecule has 26 heavy (non-hydrogen) atoms. The van der Waals surface area contributed by atoms with Crippen LogP contribution in [0.15, 0.2) is 48.5 Å². The fraction of sp³-hybridized carbons (Fsp3) is 0.238. The number of amides is 1. The second-order valence-corrected chi connectivity index (χ2v) is 7.25. The molecule has 132 valence electrons. The molecule has 0 spiro atoms. The van der Waals surface area contributed by atoms with Crippen LogP contribution in [0.5, 0.6) is 0 Å². The van der Waals surface area contributed by atoms with Gasteiger partial charge in [-0.15, -0.1) is 0 Å². The fourth-order valence-electron chi connectivity index (χ4n) is 3.55. The Labute approximate surface area is 157 Å². The Bertz CT molecular complexity index is 1000. The zero-order valence-corrected chi connectivity index (χ0v) is 15.8. The molecule has 1 aliphatic rings. The molecule has 1 N–H and O–H groups in total. The molecule has 0 saturated carbocycles. The highest BCUT2D eigenvalue weighted by Crippen LogP contribution is 2.31. The molecule has 0 bridgehead atoms. The molecule has 0 fully saturated rings. The van der Waals surface area contributed by atoms with Crippen LogP contribution in [0.25, 0.3) is 16.3 Å². The number of anilines is 1. The summed E-state index contributed by atoms with van der Waals surface area (Å²) in [7, 11) is 1.83. The van der Waals surface area contributed by atoms with Crippen LogP contribution >= 0.6 is 11.5 Å². The summed E-state index contributed by atoms with van der Waals surface area (Å²) in [5.41, 5.74) is 4.10. The van der Waals surface area contributed by atoms with Crippen molar-refractivity contribution in [3.05, 3.63) is 65.4 Å². The maximum atomic E-state index is 12.9. The van der Waals surface area contributed by atoms with Crippen molar-refractivity contribution in [3.63, 3.8) is 0 Å². The number of fused-ring (bicyclic) bond motifs is 1. The quantitative estimate of drug-likeness (QED) is 0.741. The van der Waals surface area contributed by atoms with Gasteiger partial charge in [-0.05, 0) is 46.8 Å². The highest BCUT2D eigenvalue weighted by Gasteiger charge is 2.25. The Kier molecular flexibility index (Phi) is 4.47. The van der Waals surface area contributed by atoms with Crippen molar-refractivity contribution in [1.82, 2.24) is 9.27 Å². The average Bonchev–Trinajstić information content (AvgIpc) is 3.07. The summed E-state index contributed by atoms with van der Waals surface area (Å²) in [4.78, 5) is 14.8. The maximum absolute atomic E-state index is 12.9. The van der Waals surface area contributed by atoms with Crippen molar-refractivity contribution in [2.75, 3.05) is 25.5 Å². The number of rotatable bonds is 3. The third-order valence-electron chi connectivity index (χ3n) is 4.94. The van der Waals surface area contributed by atoms with Gasteiger partial charge in [0.1, 0.15) is 5.00 Å². The predicted molar refractivity (Wildman–Crippen MR) is 109 cm³/mol. The highest BCUT2D eigenvalue weighted by atomic mass is 32.1. The smallest absolute Gasteiger partial charge is 0.259 e. The largest absolute Gasteiger partial charge is 0.378 e. The molecular formula is C21H21N3OS. The summed E-state index contributed by atoms with van der Waals surface area (Å²) >= 11 is 1.34. The number of benzene rings is 2. The lowest BCUT2D eigenvalue weighted by atomic mass is 9.94. The van der Waals surface area contributed by atoms with Gasteiger partial charge in [0.2, 0.25) is 0 Å². The molecule has 1 aliphatic heterocycles. The van der Waals surface area contributed by atoms with Crippen LogP contribution in [0.4, 0.5) is 5.00 Å². The number of aromatic nitrogens is 1. The summed E-state index contributed by atoms with van der Waals surface area (Å²) < 4.78 is 4.32. The van der Waals surface area contributed by atoms with E-state index >= 15 is 0 Å². The molecule has 2 aromatic carbocycles. The molecule has 5 heteroatoms. The van der Waals surface area contributed by atoms with E-state index in [4.69, 9.17) is 0 Å². The molecule has 1 amide bonds. The normalized spacial score (nSPS) is 14.4. The van der Waals surface area contributed by atoms with E-state index in [1.165, 1.54) is 33.4 Å². The fourth-order valence-corrected chi connectivity index (χ4v) is 4.29. The van der Waals surface area contributed by atoms with Gasteiger partial charge in [-0.2, -0.15) is 4.37 Å². The first-order chi connectivity index (χ1) is 12.7. The van der Waals surface area contributed by atoms with Crippen molar-refractivity contribution >= 4 is 38.8 Å². The molecule has 0 atom stereocenters. The summed E-state index contributed by atoms with van der Waals surface area (Å²) in [6, 6.07) is 14.9. The van der Waals surface area contributed by atoms with Crippen molar-refractivity contribution < 1.29 is 4.79 Å². The number of hydrogen-bond acceptors (Lipinski definition) is 4. The summed E-state index contributed by atoms with van der Waals surface area (Å²) in [5, 5.41) is 6.46. The van der Waals surface area contributed by atoms with Gasteiger partial charge in [0, 0.05) is 20.1 Å². The van der Waals surface area contributed by atoms with Crippen molar-refractivity contribution in [2.45, 2.75) is 13.3 Å². The lowest BCUT2D eigenvalue weighted by Crippen LogP contribution is -2.35. The first-order valence-corrected chi connectivity index (χ1v) is 9.57. The molecule has 4 nitrogen and oxygen atoms in total. The van der Waals surface area contributed by atoms with Crippen molar-refractivity contribution in [1.29, 1.82) is 0 Å². The van der Waals surface area contributed by atoms with Crippen molar-refractivity contribution in [3.8, 4) is 0 Å². The summed E-state index contributed by atoms with van der Waals surface area (Å²) in [5.74, 6) is 0.0637. The summed E-state index contributed by atoms with van der Waals surface area (Å²) in [6.07, 6.45) is 3.06. The van der Waals surface area contributed by atoms with E-state index in [1.807, 2.05) is 18.9 Å². The molecule has 0 radical (unpaired) electrons. The van der Waals surface area contributed by atoms with E-state index in [-0.39, 0.29) is 5.91 Å². The molecule has 0 aliphatic carbocycles. The van der Waals surface area contributed by atoms with Gasteiger partial charge in [-0.25, -0.2) is 0 Å². The molecule has 0 saturated heterocycles. The Balaban J connectivity index is 1.60. The minimum atomic E-state index is 0.0637. The number of carbonyl (C=O) groups excluding carboxylic acids is 1. The van der Waals surface area contributed by atoms with E-state index in [0.29, 0.717) is 12.1 Å². The highest BCUT2D eigenvalue weighted by molar-refractivity contribution is 7.10. The molecule has 2 heterocycles. The third-order valence-corrected chi connectivity index (χ3v) is 5.89. The Morgan fingerprint density at radius 2 is 2.00 bits per heavy atom. The van der Waals surface area contributed by atoms with E-state index in [1.54, 1.807) is 0 Å². The van der Waals surface area contributed by atoms with E-state index in [2.05, 4.69) is 58.2 Å². The van der Waals surface area contributed by atoms with E-state index in [0.717, 1.165) is 23.7 Å². The Hall–Kier alpha value is -2.66. The minimum Gasteiger partial charge on any atom is -0.378 e. The first kappa shape index (κ1) is 16.8. The van der Waals surface area contributed by atoms with Gasteiger partial charge in [0.05, 0.1) is 11.3 Å². The lowest BCUT2D eigenvalue weighted by molar-refractivity contribution is 0.0773. The zero-order chi connectivity index (χ0) is 18.1. The molecule has 4 rings (SSSR count). The molecule has 3 aromatic rings. The number of carbonyl (C=O) groups is 1. The topological polar surface area (TPSA) is 45.2 Å². The average molecular weight is 363 g/mol. The SMILES string of the molecule is CNc1snc(C)c1C(=O)N1CC=C(c2cccc3ccccc23)CC1. The molecule has 0 unspecified atom stereocenters. The number of hydrogen-bond donors (Lipinski definition) is 1. The zero-order valence-electron chi connectivity index (χ0n) is 15.0. The van der Waals surface area contributed by atoms with Gasteiger partial charge in [-0.1, -0.05) is 48.5 Å². The monoisotopic (exact) mass is 363 g/mol. The molecule has 1 aromatic heterocycles. The predicted octanol–water partition coefficient (Wildman–Crippen LogP) is 4.58. The first-order valence-electron chi connectivity index (χ1n) is 8.79. The van der Waals surface area contributed by atoms with Gasteiger partial charge in [0.15, 0.2) is 0 Å². The van der Waals surface area contributed by atoms with Crippen LogP contribution < -0.4 is 5.32 Å².